The Morgan fingerprint density at radius 1 is 1.33 bits per heavy atom. The molecular formula is C8H12ClNO2. The Morgan fingerprint density at radius 2 is 2.00 bits per heavy atom. The number of phenolic OH excluding ortho intramolecular Hbond substituents is 1. The van der Waals surface area contributed by atoms with Crippen LogP contribution >= 0.6 is 12.4 Å². The van der Waals surface area contributed by atoms with E-state index in [4.69, 9.17) is 10.5 Å². The molecule has 0 saturated heterocycles. The minimum absolute atomic E-state index is 0. The van der Waals surface area contributed by atoms with Crippen LogP contribution in [0, 0.1) is 0 Å². The highest BCUT2D eigenvalue weighted by Gasteiger charge is 1.97. The molecular weight excluding hydrogens is 178 g/mol. The van der Waals surface area contributed by atoms with E-state index < -0.39 is 0 Å². The van der Waals surface area contributed by atoms with Crippen molar-refractivity contribution in [2.75, 3.05) is 13.2 Å². The molecule has 0 heterocycles. The van der Waals surface area contributed by atoms with E-state index in [-0.39, 0.29) is 18.2 Å². The molecule has 0 atom stereocenters. The van der Waals surface area contributed by atoms with Gasteiger partial charge in [0.1, 0.15) is 6.61 Å². The van der Waals surface area contributed by atoms with Crippen molar-refractivity contribution in [2.24, 2.45) is 5.73 Å². The molecule has 68 valence electrons. The van der Waals surface area contributed by atoms with Crippen LogP contribution in [0.5, 0.6) is 11.5 Å². The van der Waals surface area contributed by atoms with Gasteiger partial charge in [-0.3, -0.25) is 0 Å². The third-order valence-electron chi connectivity index (χ3n) is 1.24. The zero-order valence-corrected chi connectivity index (χ0v) is 7.38. The fraction of sp³-hybridized carbons (Fsp3) is 0.250. The summed E-state index contributed by atoms with van der Waals surface area (Å²) in [5.41, 5.74) is 5.22. The minimum atomic E-state index is 0. The molecule has 0 aliphatic rings. The molecule has 1 aromatic rings. The fourth-order valence-corrected chi connectivity index (χ4v) is 0.748. The number of rotatable bonds is 3. The van der Waals surface area contributed by atoms with Crippen LogP contribution in [0.25, 0.3) is 0 Å². The highest BCUT2D eigenvalue weighted by atomic mass is 35.5. The highest BCUT2D eigenvalue weighted by molar-refractivity contribution is 5.85. The smallest absolute Gasteiger partial charge is 0.160 e. The van der Waals surface area contributed by atoms with Crippen LogP contribution < -0.4 is 10.5 Å². The van der Waals surface area contributed by atoms with E-state index in [1.54, 1.807) is 24.3 Å². The van der Waals surface area contributed by atoms with Gasteiger partial charge in [0.25, 0.3) is 0 Å². The van der Waals surface area contributed by atoms with Crippen molar-refractivity contribution >= 4 is 12.4 Å². The number of aromatic hydroxyl groups is 1. The molecule has 3 N–H and O–H groups in total. The number of ether oxygens (including phenoxy) is 1. The van der Waals surface area contributed by atoms with Gasteiger partial charge in [-0.15, -0.1) is 12.4 Å². The van der Waals surface area contributed by atoms with Crippen molar-refractivity contribution < 1.29 is 9.84 Å². The van der Waals surface area contributed by atoms with Gasteiger partial charge in [0, 0.05) is 6.54 Å². The average Bonchev–Trinajstić information content (AvgIpc) is 2.03. The molecule has 1 aromatic carbocycles. The predicted molar refractivity (Wildman–Crippen MR) is 49.9 cm³/mol. The van der Waals surface area contributed by atoms with Gasteiger partial charge in [-0.05, 0) is 12.1 Å². The Balaban J connectivity index is 0.00000121. The van der Waals surface area contributed by atoms with E-state index in [2.05, 4.69) is 0 Å². The van der Waals surface area contributed by atoms with Crippen LogP contribution in [0.2, 0.25) is 0 Å². The lowest BCUT2D eigenvalue weighted by Gasteiger charge is -2.04. The Bertz CT molecular complexity index is 230. The highest BCUT2D eigenvalue weighted by Crippen LogP contribution is 2.23. The minimum Gasteiger partial charge on any atom is -0.504 e. The van der Waals surface area contributed by atoms with Crippen LogP contribution in [0.1, 0.15) is 0 Å². The van der Waals surface area contributed by atoms with Crippen LogP contribution in [0.3, 0.4) is 0 Å². The maximum Gasteiger partial charge on any atom is 0.160 e. The fourth-order valence-electron chi connectivity index (χ4n) is 0.748. The third-order valence-corrected chi connectivity index (χ3v) is 1.24. The monoisotopic (exact) mass is 189 g/mol. The predicted octanol–water partition coefficient (Wildman–Crippen LogP) is 1.15. The first-order valence-corrected chi connectivity index (χ1v) is 3.45. The molecule has 0 amide bonds. The normalized spacial score (nSPS) is 8.75. The van der Waals surface area contributed by atoms with Crippen LogP contribution in [-0.4, -0.2) is 18.3 Å². The molecule has 3 nitrogen and oxygen atoms in total. The second-order valence-corrected chi connectivity index (χ2v) is 2.10. The van der Waals surface area contributed by atoms with Gasteiger partial charge in [0.05, 0.1) is 0 Å². The Kier molecular flexibility index (Phi) is 5.25. The first-order valence-electron chi connectivity index (χ1n) is 3.45. The standard InChI is InChI=1S/C8H11NO2.ClH/c9-5-6-11-8-4-2-1-3-7(8)10;/h1-4,10H,5-6,9H2;1H. The van der Waals surface area contributed by atoms with Gasteiger partial charge >= 0.3 is 0 Å². The number of phenols is 1. The summed E-state index contributed by atoms with van der Waals surface area (Å²) in [4.78, 5) is 0. The molecule has 0 unspecified atom stereocenters. The molecule has 0 bridgehead atoms. The second-order valence-electron chi connectivity index (χ2n) is 2.10. The lowest BCUT2D eigenvalue weighted by atomic mass is 10.3. The maximum atomic E-state index is 9.17. The van der Waals surface area contributed by atoms with E-state index >= 15 is 0 Å². The van der Waals surface area contributed by atoms with Gasteiger partial charge < -0.3 is 15.6 Å². The summed E-state index contributed by atoms with van der Waals surface area (Å²) in [5, 5.41) is 9.17. The Morgan fingerprint density at radius 3 is 2.58 bits per heavy atom. The van der Waals surface area contributed by atoms with Crippen LogP contribution in [0.4, 0.5) is 0 Å². The van der Waals surface area contributed by atoms with E-state index in [1.807, 2.05) is 0 Å². The molecule has 0 fully saturated rings. The number of benzene rings is 1. The molecule has 0 radical (unpaired) electrons. The number of hydrogen-bond acceptors (Lipinski definition) is 3. The number of nitrogens with two attached hydrogens (primary N) is 1. The molecule has 0 aliphatic carbocycles. The van der Waals surface area contributed by atoms with Crippen molar-refractivity contribution in [3.63, 3.8) is 0 Å². The summed E-state index contributed by atoms with van der Waals surface area (Å²) < 4.78 is 5.11. The topological polar surface area (TPSA) is 55.5 Å². The zero-order valence-electron chi connectivity index (χ0n) is 6.56. The Labute approximate surface area is 77.6 Å². The first-order chi connectivity index (χ1) is 5.34. The van der Waals surface area contributed by atoms with Crippen LogP contribution in [-0.2, 0) is 0 Å². The summed E-state index contributed by atoms with van der Waals surface area (Å²) in [5.74, 6) is 0.638. The van der Waals surface area contributed by atoms with Crippen molar-refractivity contribution in [2.45, 2.75) is 0 Å². The molecule has 12 heavy (non-hydrogen) atoms. The third kappa shape index (κ3) is 2.98. The number of para-hydroxylation sites is 2. The summed E-state index contributed by atoms with van der Waals surface area (Å²) in [7, 11) is 0. The number of halogens is 1. The van der Waals surface area contributed by atoms with Crippen LogP contribution in [0.15, 0.2) is 24.3 Å². The van der Waals surface area contributed by atoms with Crippen molar-refractivity contribution in [1.82, 2.24) is 0 Å². The van der Waals surface area contributed by atoms with Gasteiger partial charge in [0.2, 0.25) is 0 Å². The zero-order chi connectivity index (χ0) is 8.10. The summed E-state index contributed by atoms with van der Waals surface area (Å²) in [6, 6.07) is 6.81. The molecule has 0 saturated carbocycles. The van der Waals surface area contributed by atoms with Crippen molar-refractivity contribution in [1.29, 1.82) is 0 Å². The van der Waals surface area contributed by atoms with Gasteiger partial charge in [-0.1, -0.05) is 12.1 Å². The molecule has 4 heteroatoms. The summed E-state index contributed by atoms with van der Waals surface area (Å²) in [6.07, 6.45) is 0. The van der Waals surface area contributed by atoms with Gasteiger partial charge in [0.15, 0.2) is 11.5 Å². The van der Waals surface area contributed by atoms with E-state index in [9.17, 15) is 5.11 Å². The SMILES string of the molecule is Cl.NCCOc1ccccc1O. The summed E-state index contributed by atoms with van der Waals surface area (Å²) >= 11 is 0. The molecule has 1 rings (SSSR count). The van der Waals surface area contributed by atoms with E-state index in [1.165, 1.54) is 0 Å². The lowest BCUT2D eigenvalue weighted by Crippen LogP contribution is -2.10. The second kappa shape index (κ2) is 5.69. The van der Waals surface area contributed by atoms with Gasteiger partial charge in [-0.2, -0.15) is 0 Å². The van der Waals surface area contributed by atoms with Crippen molar-refractivity contribution in [3.8, 4) is 11.5 Å². The molecule has 0 spiro atoms. The van der Waals surface area contributed by atoms with Gasteiger partial charge in [-0.25, -0.2) is 0 Å². The summed E-state index contributed by atoms with van der Waals surface area (Å²) in [6.45, 7) is 0.881. The largest absolute Gasteiger partial charge is 0.504 e. The Hall–Kier alpha value is -0.930. The average molecular weight is 190 g/mol. The first kappa shape index (κ1) is 11.1. The quantitative estimate of drug-likeness (QED) is 0.750. The van der Waals surface area contributed by atoms with E-state index in [0.717, 1.165) is 0 Å². The molecule has 0 aliphatic heterocycles. The lowest BCUT2D eigenvalue weighted by molar-refractivity contribution is 0.308. The van der Waals surface area contributed by atoms with Crippen molar-refractivity contribution in [3.05, 3.63) is 24.3 Å². The van der Waals surface area contributed by atoms with E-state index in [0.29, 0.717) is 18.9 Å². The molecule has 0 aromatic heterocycles. The number of hydrogen-bond donors (Lipinski definition) is 2. The maximum absolute atomic E-state index is 9.17.